The van der Waals surface area contributed by atoms with Crippen molar-refractivity contribution < 1.29 is 14.3 Å². The molecule has 2 aliphatic rings. The monoisotopic (exact) mass is 390 g/mol. The third-order valence-corrected chi connectivity index (χ3v) is 6.54. The Bertz CT molecular complexity index is 909. The molecule has 4 rings (SSSR count). The van der Waals surface area contributed by atoms with E-state index in [1.54, 1.807) is 0 Å². The van der Waals surface area contributed by atoms with E-state index in [0.717, 1.165) is 24.8 Å². The molecule has 2 aromatic rings. The molecule has 0 unspecified atom stereocenters. The number of benzene rings is 2. The van der Waals surface area contributed by atoms with Crippen LogP contribution in [-0.2, 0) is 21.4 Å². The van der Waals surface area contributed by atoms with Crippen LogP contribution in [0.5, 0.6) is 0 Å². The standard InChI is InChI=1S/C26H30O3/c1-25(2,3)29-24(28)20-16-22(23(27)19-11-5-4-6-12-19)26(17-20)15-9-13-18-10-7-8-14-21(18)26/h4-8,10-12,14,20,22H,9,13,15-17H2,1-3H3/t20-,22-,26-/m0/s1. The second-order valence-electron chi connectivity index (χ2n) is 9.62. The van der Waals surface area contributed by atoms with Gasteiger partial charge in [-0.15, -0.1) is 0 Å². The highest BCUT2D eigenvalue weighted by molar-refractivity contribution is 5.99. The van der Waals surface area contributed by atoms with Crippen LogP contribution in [0.1, 0.15) is 67.9 Å². The first-order chi connectivity index (χ1) is 13.8. The summed E-state index contributed by atoms with van der Waals surface area (Å²) < 4.78 is 5.73. The normalized spacial score (nSPS) is 26.2. The van der Waals surface area contributed by atoms with Crippen molar-refractivity contribution in [2.45, 2.75) is 63.9 Å². The maximum absolute atomic E-state index is 13.6. The van der Waals surface area contributed by atoms with Crippen LogP contribution in [0.4, 0.5) is 0 Å². The molecule has 1 saturated carbocycles. The number of hydrogen-bond donors (Lipinski definition) is 0. The SMILES string of the molecule is CC(C)(C)OC(=O)[C@H]1C[C@@H](C(=O)c2ccccc2)[C@@]2(CCCc3ccccc32)C1. The molecule has 0 aromatic heterocycles. The van der Waals surface area contributed by atoms with Gasteiger partial charge in [0.25, 0.3) is 0 Å². The number of hydrogen-bond acceptors (Lipinski definition) is 3. The predicted molar refractivity (Wildman–Crippen MR) is 114 cm³/mol. The van der Waals surface area contributed by atoms with Crippen LogP contribution in [-0.4, -0.2) is 17.4 Å². The summed E-state index contributed by atoms with van der Waals surface area (Å²) in [5.41, 5.74) is 2.55. The molecule has 0 heterocycles. The Balaban J connectivity index is 1.75. The molecule has 0 bridgehead atoms. The van der Waals surface area contributed by atoms with Crippen molar-refractivity contribution in [3.05, 3.63) is 71.3 Å². The fraction of sp³-hybridized carbons (Fsp3) is 0.462. The number of ether oxygens (including phenoxy) is 1. The molecule has 2 aromatic carbocycles. The predicted octanol–water partition coefficient (Wildman–Crippen LogP) is 5.51. The van der Waals surface area contributed by atoms with Gasteiger partial charge < -0.3 is 4.74 Å². The Morgan fingerprint density at radius 2 is 1.69 bits per heavy atom. The zero-order valence-corrected chi connectivity index (χ0v) is 17.6. The smallest absolute Gasteiger partial charge is 0.309 e. The third kappa shape index (κ3) is 3.75. The van der Waals surface area contributed by atoms with Crippen LogP contribution in [0.2, 0.25) is 0 Å². The van der Waals surface area contributed by atoms with Crippen molar-refractivity contribution in [3.8, 4) is 0 Å². The highest BCUT2D eigenvalue weighted by Crippen LogP contribution is 2.55. The van der Waals surface area contributed by atoms with Gasteiger partial charge in [-0.05, 0) is 64.0 Å². The lowest BCUT2D eigenvalue weighted by molar-refractivity contribution is -0.159. The van der Waals surface area contributed by atoms with Gasteiger partial charge in [0.2, 0.25) is 0 Å². The Labute approximate surface area is 173 Å². The lowest BCUT2D eigenvalue weighted by atomic mass is 9.62. The van der Waals surface area contributed by atoms with Crippen molar-refractivity contribution in [2.24, 2.45) is 11.8 Å². The Hall–Kier alpha value is -2.42. The van der Waals surface area contributed by atoms with E-state index >= 15 is 0 Å². The van der Waals surface area contributed by atoms with E-state index in [1.807, 2.05) is 51.1 Å². The summed E-state index contributed by atoms with van der Waals surface area (Å²) in [7, 11) is 0. The zero-order chi connectivity index (χ0) is 20.6. The average molecular weight is 391 g/mol. The van der Waals surface area contributed by atoms with E-state index in [0.29, 0.717) is 12.8 Å². The van der Waals surface area contributed by atoms with Gasteiger partial charge in [0.05, 0.1) is 5.92 Å². The second-order valence-corrected chi connectivity index (χ2v) is 9.62. The molecule has 0 amide bonds. The minimum Gasteiger partial charge on any atom is -0.460 e. The molecule has 3 nitrogen and oxygen atoms in total. The van der Waals surface area contributed by atoms with Gasteiger partial charge in [0.1, 0.15) is 5.60 Å². The maximum Gasteiger partial charge on any atom is 0.309 e. The Morgan fingerprint density at radius 1 is 1.00 bits per heavy atom. The number of carbonyl (C=O) groups is 2. The van der Waals surface area contributed by atoms with Crippen LogP contribution in [0, 0.1) is 11.8 Å². The minimum atomic E-state index is -0.518. The lowest BCUT2D eigenvalue weighted by Gasteiger charge is -2.40. The molecule has 1 spiro atoms. The minimum absolute atomic E-state index is 0.161. The fourth-order valence-corrected chi connectivity index (χ4v) is 5.43. The zero-order valence-electron chi connectivity index (χ0n) is 17.6. The molecule has 0 saturated heterocycles. The van der Waals surface area contributed by atoms with Gasteiger partial charge in [-0.1, -0.05) is 54.6 Å². The van der Waals surface area contributed by atoms with E-state index in [9.17, 15) is 9.59 Å². The Morgan fingerprint density at radius 3 is 2.41 bits per heavy atom. The summed E-state index contributed by atoms with van der Waals surface area (Å²) >= 11 is 0. The molecule has 3 atom stereocenters. The number of aryl methyl sites for hydroxylation is 1. The highest BCUT2D eigenvalue weighted by Gasteiger charge is 2.55. The molecule has 0 N–H and O–H groups in total. The molecular weight excluding hydrogens is 360 g/mol. The van der Waals surface area contributed by atoms with Crippen LogP contribution in [0.15, 0.2) is 54.6 Å². The van der Waals surface area contributed by atoms with E-state index in [1.165, 1.54) is 11.1 Å². The summed E-state index contributed by atoms with van der Waals surface area (Å²) in [6.07, 6.45) is 4.31. The van der Waals surface area contributed by atoms with Crippen molar-refractivity contribution >= 4 is 11.8 Å². The van der Waals surface area contributed by atoms with Crippen molar-refractivity contribution in [1.29, 1.82) is 0 Å². The lowest BCUT2D eigenvalue weighted by Crippen LogP contribution is -2.39. The molecule has 0 aliphatic heterocycles. The van der Waals surface area contributed by atoms with Gasteiger partial charge in [-0.25, -0.2) is 0 Å². The van der Waals surface area contributed by atoms with Crippen molar-refractivity contribution in [2.75, 3.05) is 0 Å². The molecular formula is C26H30O3. The van der Waals surface area contributed by atoms with Crippen LogP contribution >= 0.6 is 0 Å². The van der Waals surface area contributed by atoms with Crippen molar-refractivity contribution in [1.82, 2.24) is 0 Å². The maximum atomic E-state index is 13.6. The van der Waals surface area contributed by atoms with Crippen LogP contribution in [0.3, 0.4) is 0 Å². The summed E-state index contributed by atoms with van der Waals surface area (Å²) in [5.74, 6) is -0.432. The van der Waals surface area contributed by atoms with Gasteiger partial charge in [-0.3, -0.25) is 9.59 Å². The topological polar surface area (TPSA) is 43.4 Å². The molecule has 152 valence electrons. The number of carbonyl (C=O) groups excluding carboxylic acids is 2. The van der Waals surface area contributed by atoms with Gasteiger partial charge >= 0.3 is 5.97 Å². The van der Waals surface area contributed by atoms with E-state index < -0.39 is 5.60 Å². The van der Waals surface area contributed by atoms with Gasteiger partial charge in [0.15, 0.2) is 5.78 Å². The fourth-order valence-electron chi connectivity index (χ4n) is 5.43. The summed E-state index contributed by atoms with van der Waals surface area (Å²) in [6.45, 7) is 5.70. The molecule has 2 aliphatic carbocycles. The van der Waals surface area contributed by atoms with E-state index in [-0.39, 0.29) is 29.0 Å². The first-order valence-electron chi connectivity index (χ1n) is 10.7. The summed E-state index contributed by atoms with van der Waals surface area (Å²) in [6, 6.07) is 18.0. The number of fused-ring (bicyclic) bond motifs is 2. The molecule has 3 heteroatoms. The van der Waals surface area contributed by atoms with Crippen LogP contribution in [0.25, 0.3) is 0 Å². The quantitative estimate of drug-likeness (QED) is 0.512. The largest absolute Gasteiger partial charge is 0.460 e. The number of rotatable bonds is 3. The summed E-state index contributed by atoms with van der Waals surface area (Å²) in [4.78, 5) is 26.6. The van der Waals surface area contributed by atoms with E-state index in [2.05, 4.69) is 24.3 Å². The number of Topliss-reactive ketones (excluding diaryl/α,β-unsaturated/α-hetero) is 1. The number of ketones is 1. The highest BCUT2D eigenvalue weighted by atomic mass is 16.6. The van der Waals surface area contributed by atoms with Crippen LogP contribution < -0.4 is 0 Å². The van der Waals surface area contributed by atoms with Gasteiger partial charge in [-0.2, -0.15) is 0 Å². The first-order valence-corrected chi connectivity index (χ1v) is 10.7. The molecule has 0 radical (unpaired) electrons. The Kier molecular flexibility index (Phi) is 5.10. The van der Waals surface area contributed by atoms with Crippen molar-refractivity contribution in [3.63, 3.8) is 0 Å². The second kappa shape index (κ2) is 7.44. The van der Waals surface area contributed by atoms with Gasteiger partial charge in [0, 0.05) is 16.9 Å². The summed E-state index contributed by atoms with van der Waals surface area (Å²) in [5, 5.41) is 0. The average Bonchev–Trinajstić information content (AvgIpc) is 3.07. The molecule has 29 heavy (non-hydrogen) atoms. The first kappa shape index (κ1) is 19.9. The van der Waals surface area contributed by atoms with E-state index in [4.69, 9.17) is 4.74 Å². The number of esters is 1. The molecule has 1 fully saturated rings. The third-order valence-electron chi connectivity index (χ3n) is 6.54.